The topological polar surface area (TPSA) is 34.9 Å². The van der Waals surface area contributed by atoms with E-state index in [0.717, 1.165) is 17.5 Å². The van der Waals surface area contributed by atoms with E-state index in [1.54, 1.807) is 10.9 Å². The van der Waals surface area contributed by atoms with Gasteiger partial charge in [-0.1, -0.05) is 0 Å². The van der Waals surface area contributed by atoms with E-state index in [0.29, 0.717) is 6.42 Å². The first-order chi connectivity index (χ1) is 4.75. The van der Waals surface area contributed by atoms with Crippen molar-refractivity contribution in [2.45, 2.75) is 13.3 Å². The third kappa shape index (κ3) is 1.07. The van der Waals surface area contributed by atoms with Crippen molar-refractivity contribution < 1.29 is 4.79 Å². The lowest BCUT2D eigenvalue weighted by atomic mass is 10.2. The summed E-state index contributed by atoms with van der Waals surface area (Å²) in [7, 11) is 1.86. The van der Waals surface area contributed by atoms with Crippen LogP contribution < -0.4 is 0 Å². The molecule has 54 valence electrons. The summed E-state index contributed by atoms with van der Waals surface area (Å²) in [6, 6.07) is 0. The fourth-order valence-electron chi connectivity index (χ4n) is 0.834. The van der Waals surface area contributed by atoms with E-state index >= 15 is 0 Å². The summed E-state index contributed by atoms with van der Waals surface area (Å²) in [4.78, 5) is 10.1. The summed E-state index contributed by atoms with van der Waals surface area (Å²) >= 11 is 0. The Morgan fingerprint density at radius 2 is 2.50 bits per heavy atom. The second-order valence-corrected chi connectivity index (χ2v) is 2.25. The lowest BCUT2D eigenvalue weighted by Gasteiger charge is -1.93. The smallest absolute Gasteiger partial charge is 0.124 e. The SMILES string of the molecule is Cc1c(CC=O)cnn1C. The Balaban J connectivity index is 2.93. The van der Waals surface area contributed by atoms with E-state index in [9.17, 15) is 4.79 Å². The minimum absolute atomic E-state index is 0.472. The zero-order chi connectivity index (χ0) is 7.56. The van der Waals surface area contributed by atoms with Crippen molar-refractivity contribution in [1.29, 1.82) is 0 Å². The summed E-state index contributed by atoms with van der Waals surface area (Å²) < 4.78 is 1.76. The second-order valence-electron chi connectivity index (χ2n) is 2.25. The van der Waals surface area contributed by atoms with Crippen LogP contribution in [-0.4, -0.2) is 16.1 Å². The van der Waals surface area contributed by atoms with E-state index in [4.69, 9.17) is 0 Å². The molecule has 1 aromatic heterocycles. The molecule has 0 spiro atoms. The first-order valence-corrected chi connectivity index (χ1v) is 3.17. The third-order valence-corrected chi connectivity index (χ3v) is 1.64. The minimum atomic E-state index is 0.472. The third-order valence-electron chi connectivity index (χ3n) is 1.64. The predicted octanol–water partition coefficient (Wildman–Crippen LogP) is 0.470. The minimum Gasteiger partial charge on any atom is -0.303 e. The number of aromatic nitrogens is 2. The average Bonchev–Trinajstić information content (AvgIpc) is 2.20. The van der Waals surface area contributed by atoms with Gasteiger partial charge in [0.1, 0.15) is 6.29 Å². The van der Waals surface area contributed by atoms with Gasteiger partial charge in [-0.05, 0) is 6.92 Å². The molecule has 0 saturated carbocycles. The van der Waals surface area contributed by atoms with Gasteiger partial charge in [-0.25, -0.2) is 0 Å². The monoisotopic (exact) mass is 138 g/mol. The van der Waals surface area contributed by atoms with Gasteiger partial charge in [-0.3, -0.25) is 4.68 Å². The maximum Gasteiger partial charge on any atom is 0.124 e. The molecule has 1 aromatic rings. The lowest BCUT2D eigenvalue weighted by Crippen LogP contribution is -1.94. The van der Waals surface area contributed by atoms with Crippen molar-refractivity contribution in [2.75, 3.05) is 0 Å². The number of nitrogens with zero attached hydrogens (tertiary/aromatic N) is 2. The normalized spacial score (nSPS) is 9.80. The Morgan fingerprint density at radius 1 is 1.80 bits per heavy atom. The van der Waals surface area contributed by atoms with Gasteiger partial charge in [-0.15, -0.1) is 0 Å². The molecular formula is C7H10N2O. The van der Waals surface area contributed by atoms with Gasteiger partial charge < -0.3 is 4.79 Å². The van der Waals surface area contributed by atoms with Crippen molar-refractivity contribution in [3.63, 3.8) is 0 Å². The maximum atomic E-state index is 10.1. The van der Waals surface area contributed by atoms with Crippen LogP contribution in [0.3, 0.4) is 0 Å². The highest BCUT2D eigenvalue weighted by Gasteiger charge is 2.00. The number of carbonyl (C=O) groups excluding carboxylic acids is 1. The number of hydrogen-bond donors (Lipinski definition) is 0. The molecule has 0 saturated heterocycles. The molecule has 0 amide bonds. The second kappa shape index (κ2) is 2.64. The molecule has 0 bridgehead atoms. The first kappa shape index (κ1) is 6.99. The maximum absolute atomic E-state index is 10.1. The molecule has 0 aromatic carbocycles. The number of rotatable bonds is 2. The highest BCUT2D eigenvalue weighted by molar-refractivity contribution is 5.55. The molecule has 0 atom stereocenters. The van der Waals surface area contributed by atoms with Crippen LogP contribution in [0.2, 0.25) is 0 Å². The number of carbonyl (C=O) groups is 1. The van der Waals surface area contributed by atoms with Crippen LogP contribution in [0.4, 0.5) is 0 Å². The van der Waals surface area contributed by atoms with Gasteiger partial charge in [0.25, 0.3) is 0 Å². The van der Waals surface area contributed by atoms with Crippen molar-refractivity contribution in [3.8, 4) is 0 Å². The molecule has 3 nitrogen and oxygen atoms in total. The van der Waals surface area contributed by atoms with Crippen molar-refractivity contribution in [3.05, 3.63) is 17.5 Å². The van der Waals surface area contributed by atoms with Crippen molar-refractivity contribution in [2.24, 2.45) is 7.05 Å². The molecular weight excluding hydrogens is 128 g/mol. The Hall–Kier alpha value is -1.12. The van der Waals surface area contributed by atoms with Crippen LogP contribution >= 0.6 is 0 Å². The Labute approximate surface area is 59.7 Å². The van der Waals surface area contributed by atoms with Gasteiger partial charge in [0.15, 0.2) is 0 Å². The van der Waals surface area contributed by atoms with Crippen LogP contribution in [0.15, 0.2) is 6.20 Å². The van der Waals surface area contributed by atoms with Gasteiger partial charge in [0.05, 0.1) is 6.20 Å². The van der Waals surface area contributed by atoms with Crippen LogP contribution in [-0.2, 0) is 18.3 Å². The largest absolute Gasteiger partial charge is 0.303 e. The van der Waals surface area contributed by atoms with E-state index in [-0.39, 0.29) is 0 Å². The van der Waals surface area contributed by atoms with Crippen molar-refractivity contribution in [1.82, 2.24) is 9.78 Å². The fraction of sp³-hybridized carbons (Fsp3) is 0.429. The zero-order valence-electron chi connectivity index (χ0n) is 6.16. The van der Waals surface area contributed by atoms with Gasteiger partial charge in [-0.2, -0.15) is 5.10 Å². The summed E-state index contributed by atoms with van der Waals surface area (Å²) in [5, 5.41) is 3.99. The molecule has 0 radical (unpaired) electrons. The first-order valence-electron chi connectivity index (χ1n) is 3.17. The Kier molecular flexibility index (Phi) is 1.85. The van der Waals surface area contributed by atoms with Crippen LogP contribution in [0.1, 0.15) is 11.3 Å². The molecule has 0 aliphatic carbocycles. The summed E-state index contributed by atoms with van der Waals surface area (Å²) in [6.07, 6.45) is 3.09. The molecule has 10 heavy (non-hydrogen) atoms. The molecule has 1 rings (SSSR count). The summed E-state index contributed by atoms with van der Waals surface area (Å²) in [6.45, 7) is 1.95. The standard InChI is InChI=1S/C7H10N2O/c1-6-7(3-4-10)5-8-9(6)2/h4-5H,3H2,1-2H3. The average molecular weight is 138 g/mol. The Bertz CT molecular complexity index is 240. The number of aldehydes is 1. The molecule has 3 heteroatoms. The van der Waals surface area contributed by atoms with E-state index in [1.165, 1.54) is 0 Å². The summed E-state index contributed by atoms with van der Waals surface area (Å²) in [5.41, 5.74) is 2.07. The highest BCUT2D eigenvalue weighted by atomic mass is 16.1. The molecule has 0 fully saturated rings. The quantitative estimate of drug-likeness (QED) is 0.557. The molecule has 0 aliphatic rings. The van der Waals surface area contributed by atoms with Gasteiger partial charge in [0, 0.05) is 24.7 Å². The number of hydrogen-bond acceptors (Lipinski definition) is 2. The van der Waals surface area contributed by atoms with E-state index < -0.39 is 0 Å². The Morgan fingerprint density at radius 3 is 2.90 bits per heavy atom. The lowest BCUT2D eigenvalue weighted by molar-refractivity contribution is -0.107. The highest BCUT2D eigenvalue weighted by Crippen LogP contribution is 2.03. The van der Waals surface area contributed by atoms with Gasteiger partial charge >= 0.3 is 0 Å². The van der Waals surface area contributed by atoms with E-state index in [1.807, 2.05) is 14.0 Å². The molecule has 0 N–H and O–H groups in total. The van der Waals surface area contributed by atoms with Crippen molar-refractivity contribution >= 4 is 6.29 Å². The zero-order valence-corrected chi connectivity index (χ0v) is 6.16. The van der Waals surface area contributed by atoms with Crippen LogP contribution in [0, 0.1) is 6.92 Å². The predicted molar refractivity (Wildman–Crippen MR) is 37.7 cm³/mol. The summed E-state index contributed by atoms with van der Waals surface area (Å²) in [5.74, 6) is 0. The van der Waals surface area contributed by atoms with Gasteiger partial charge in [0.2, 0.25) is 0 Å². The van der Waals surface area contributed by atoms with Crippen LogP contribution in [0.25, 0.3) is 0 Å². The molecule has 1 heterocycles. The molecule has 0 aliphatic heterocycles. The molecule has 0 unspecified atom stereocenters. The fourth-order valence-corrected chi connectivity index (χ4v) is 0.834. The van der Waals surface area contributed by atoms with Crippen LogP contribution in [0.5, 0.6) is 0 Å². The number of aryl methyl sites for hydroxylation is 1. The van der Waals surface area contributed by atoms with E-state index in [2.05, 4.69) is 5.10 Å².